The molecule has 0 radical (unpaired) electrons. The van der Waals surface area contributed by atoms with Gasteiger partial charge in [0.15, 0.2) is 6.29 Å². The Hall–Kier alpha value is 1.48. The summed E-state index contributed by atoms with van der Waals surface area (Å²) in [6, 6.07) is 0. The van der Waals surface area contributed by atoms with Gasteiger partial charge in [-0.1, -0.05) is 0 Å². The van der Waals surface area contributed by atoms with E-state index >= 15 is 0 Å². The van der Waals surface area contributed by atoms with Crippen LogP contribution in [0.4, 0.5) is 0 Å². The van der Waals surface area contributed by atoms with Crippen molar-refractivity contribution in [1.82, 2.24) is 0 Å². The molecular formula is C6H11BaO9P. The smallest absolute Gasteiger partial charge is 0.790 e. The molecule has 1 aliphatic rings. The van der Waals surface area contributed by atoms with E-state index in [9.17, 15) is 24.6 Å². The number of phosphoric ester groups is 1. The Balaban J connectivity index is 0.00000256. The normalized spacial score (nSPS) is 38.6. The molecule has 0 aliphatic carbocycles. The van der Waals surface area contributed by atoms with Gasteiger partial charge in [-0.25, -0.2) is 0 Å². The molecular weight excluding hydrogens is 384 g/mol. The second kappa shape index (κ2) is 7.31. The second-order valence-corrected chi connectivity index (χ2v) is 4.43. The third-order valence-electron chi connectivity index (χ3n) is 2.08. The molecule has 17 heavy (non-hydrogen) atoms. The summed E-state index contributed by atoms with van der Waals surface area (Å²) in [5, 5.41) is 36.6. The summed E-state index contributed by atoms with van der Waals surface area (Å²) < 4.78 is 18.5. The molecule has 1 unspecified atom stereocenters. The third-order valence-corrected chi connectivity index (χ3v) is 2.55. The van der Waals surface area contributed by atoms with Gasteiger partial charge in [0, 0.05) is 0 Å². The zero-order valence-corrected chi connectivity index (χ0v) is 13.9. The van der Waals surface area contributed by atoms with Gasteiger partial charge in [0.2, 0.25) is 0 Å². The van der Waals surface area contributed by atoms with E-state index < -0.39 is 45.1 Å². The first-order valence-electron chi connectivity index (χ1n) is 4.26. The first-order chi connectivity index (χ1) is 7.22. The summed E-state index contributed by atoms with van der Waals surface area (Å²) in [4.78, 5) is 20.3. The minimum Gasteiger partial charge on any atom is -0.790 e. The summed E-state index contributed by atoms with van der Waals surface area (Å²) in [5.41, 5.74) is 0. The van der Waals surface area contributed by atoms with Crippen LogP contribution in [0.3, 0.4) is 0 Å². The third kappa shape index (κ3) is 5.55. The van der Waals surface area contributed by atoms with Crippen molar-refractivity contribution < 1.29 is 44.0 Å². The molecule has 1 rings (SSSR count). The first-order valence-corrected chi connectivity index (χ1v) is 5.73. The molecule has 1 fully saturated rings. The molecule has 11 heteroatoms. The average molecular weight is 395 g/mol. The SMILES string of the molecule is O=P([O-])([O-])OC[C@@H]1OC(O)[C@H](O)[C@H](O)[C@H]1O.[Ba+2]. The van der Waals surface area contributed by atoms with Crippen LogP contribution in [0.25, 0.3) is 0 Å². The molecule has 9 nitrogen and oxygen atoms in total. The maximum atomic E-state index is 10.1. The molecule has 4 N–H and O–H groups in total. The number of hydrogen-bond acceptors (Lipinski definition) is 9. The number of aliphatic hydroxyl groups is 4. The molecule has 0 spiro atoms. The van der Waals surface area contributed by atoms with Gasteiger partial charge in [0.25, 0.3) is 0 Å². The molecule has 0 saturated carbocycles. The maximum Gasteiger partial charge on any atom is 2.00 e. The van der Waals surface area contributed by atoms with Crippen molar-refractivity contribution in [3.63, 3.8) is 0 Å². The number of aliphatic hydroxyl groups excluding tert-OH is 4. The van der Waals surface area contributed by atoms with Gasteiger partial charge in [-0.15, -0.1) is 0 Å². The van der Waals surface area contributed by atoms with E-state index in [1.165, 1.54) is 0 Å². The van der Waals surface area contributed by atoms with Crippen molar-refractivity contribution in [3.05, 3.63) is 0 Å². The topological polar surface area (TPSA) is 163 Å². The van der Waals surface area contributed by atoms with Gasteiger partial charge in [-0.2, -0.15) is 0 Å². The Morgan fingerprint density at radius 3 is 2.12 bits per heavy atom. The fraction of sp³-hybridized carbons (Fsp3) is 1.00. The molecule has 96 valence electrons. The number of phosphoric acid groups is 1. The molecule has 1 heterocycles. The maximum absolute atomic E-state index is 10.1. The van der Waals surface area contributed by atoms with Gasteiger partial charge in [-0.3, -0.25) is 0 Å². The zero-order chi connectivity index (χ0) is 12.5. The fourth-order valence-electron chi connectivity index (χ4n) is 1.23. The van der Waals surface area contributed by atoms with Crippen molar-refractivity contribution in [1.29, 1.82) is 0 Å². The van der Waals surface area contributed by atoms with E-state index in [-0.39, 0.29) is 48.9 Å². The van der Waals surface area contributed by atoms with Crippen LogP contribution in [0.5, 0.6) is 0 Å². The Bertz CT molecular complexity index is 283. The van der Waals surface area contributed by atoms with Crippen molar-refractivity contribution in [2.24, 2.45) is 0 Å². The van der Waals surface area contributed by atoms with Crippen molar-refractivity contribution >= 4 is 56.7 Å². The standard InChI is InChI=1S/C6H13O9P.Ba/c7-3-2(1-14-16(11,12)13)15-6(10)5(9)4(3)8;/h2-10H,1H2,(H2,11,12,13);/q;+2/p-2/t2-,3-,4+,5+,6?;/m0./s1. The summed E-state index contributed by atoms with van der Waals surface area (Å²) in [6.07, 6.45) is -8.35. The Labute approximate surface area is 137 Å². The largest absolute Gasteiger partial charge is 2.00 e. The van der Waals surface area contributed by atoms with Gasteiger partial charge < -0.3 is 44.0 Å². The molecule has 0 aromatic rings. The van der Waals surface area contributed by atoms with Gasteiger partial charge >= 0.3 is 48.9 Å². The number of hydrogen-bond donors (Lipinski definition) is 4. The Kier molecular flexibility index (Phi) is 7.95. The van der Waals surface area contributed by atoms with Gasteiger partial charge in [0.1, 0.15) is 24.4 Å². The average Bonchev–Trinajstić information content (AvgIpc) is 2.17. The summed E-state index contributed by atoms with van der Waals surface area (Å²) in [7, 11) is -5.23. The predicted octanol–water partition coefficient (Wildman–Crippen LogP) is -4.75. The quantitative estimate of drug-likeness (QED) is 0.271. The predicted molar refractivity (Wildman–Crippen MR) is 48.2 cm³/mol. The van der Waals surface area contributed by atoms with E-state index in [2.05, 4.69) is 9.26 Å². The van der Waals surface area contributed by atoms with Gasteiger partial charge in [-0.05, 0) is 0 Å². The van der Waals surface area contributed by atoms with Crippen LogP contribution in [0.1, 0.15) is 0 Å². The van der Waals surface area contributed by atoms with Crippen LogP contribution in [0, 0.1) is 0 Å². The fourth-order valence-corrected chi connectivity index (χ4v) is 1.56. The van der Waals surface area contributed by atoms with E-state index in [4.69, 9.17) is 10.2 Å². The van der Waals surface area contributed by atoms with E-state index in [1.54, 1.807) is 0 Å². The van der Waals surface area contributed by atoms with Crippen molar-refractivity contribution in [3.8, 4) is 0 Å². The number of rotatable bonds is 3. The molecule has 0 aromatic heterocycles. The van der Waals surface area contributed by atoms with Crippen LogP contribution >= 0.6 is 7.82 Å². The molecule has 0 aromatic carbocycles. The van der Waals surface area contributed by atoms with E-state index in [1.807, 2.05) is 0 Å². The summed E-state index contributed by atoms with van der Waals surface area (Å²) >= 11 is 0. The molecule has 0 bridgehead atoms. The Morgan fingerprint density at radius 2 is 1.65 bits per heavy atom. The van der Waals surface area contributed by atoms with Crippen molar-refractivity contribution in [2.75, 3.05) is 6.61 Å². The van der Waals surface area contributed by atoms with Gasteiger partial charge in [0.05, 0.1) is 14.4 Å². The minimum absolute atomic E-state index is 0. The van der Waals surface area contributed by atoms with Crippen LogP contribution < -0.4 is 9.79 Å². The van der Waals surface area contributed by atoms with Crippen LogP contribution in [-0.2, 0) is 13.8 Å². The van der Waals surface area contributed by atoms with Crippen molar-refractivity contribution in [2.45, 2.75) is 30.7 Å². The Morgan fingerprint density at radius 1 is 1.12 bits per heavy atom. The minimum atomic E-state index is -5.23. The summed E-state index contributed by atoms with van der Waals surface area (Å²) in [5.74, 6) is 0. The van der Waals surface area contributed by atoms with Crippen LogP contribution in [0.15, 0.2) is 0 Å². The van der Waals surface area contributed by atoms with E-state index in [0.29, 0.717) is 0 Å². The molecule has 0 amide bonds. The van der Waals surface area contributed by atoms with E-state index in [0.717, 1.165) is 0 Å². The molecule has 5 atom stereocenters. The molecule has 1 saturated heterocycles. The first kappa shape index (κ1) is 18.5. The van der Waals surface area contributed by atoms with Crippen LogP contribution in [-0.4, -0.2) is 107 Å². The monoisotopic (exact) mass is 396 g/mol. The number of ether oxygens (including phenoxy) is 1. The second-order valence-electron chi connectivity index (χ2n) is 3.28. The zero-order valence-electron chi connectivity index (χ0n) is 8.58. The van der Waals surface area contributed by atoms with Crippen LogP contribution in [0.2, 0.25) is 0 Å². The summed E-state index contributed by atoms with van der Waals surface area (Å²) in [6.45, 7) is -0.855. The molecule has 1 aliphatic heterocycles.